The van der Waals surface area contributed by atoms with Crippen LogP contribution in [0.3, 0.4) is 0 Å². The Morgan fingerprint density at radius 3 is 2.57 bits per heavy atom. The molecule has 0 aromatic heterocycles. The molecule has 202 valence electrons. The van der Waals surface area contributed by atoms with Crippen LogP contribution in [-0.4, -0.2) is 47.0 Å². The van der Waals surface area contributed by atoms with Gasteiger partial charge in [0.1, 0.15) is 6.04 Å². The SMILES string of the molecule is CC1(C)[C@@H]2CC[C@@]1(C)C(NCCCCCCCSc1ccc3c(c1)CN(C1CCC(=O)NC1=O)C3=O)C2. The fourth-order valence-electron chi connectivity index (χ4n) is 7.38. The highest BCUT2D eigenvalue weighted by Gasteiger charge is 2.60. The largest absolute Gasteiger partial charge is 0.322 e. The van der Waals surface area contributed by atoms with Gasteiger partial charge in [-0.05, 0) is 91.3 Å². The number of nitrogens with one attached hydrogen (secondary N) is 2. The molecule has 6 nitrogen and oxygen atoms in total. The Hall–Kier alpha value is -1.86. The molecule has 7 heteroatoms. The summed E-state index contributed by atoms with van der Waals surface area (Å²) in [4.78, 5) is 39.3. The van der Waals surface area contributed by atoms with Crippen molar-refractivity contribution in [3.8, 4) is 0 Å². The molecule has 2 bridgehead atoms. The highest BCUT2D eigenvalue weighted by atomic mass is 32.2. The van der Waals surface area contributed by atoms with Gasteiger partial charge in [-0.25, -0.2) is 0 Å². The van der Waals surface area contributed by atoms with Gasteiger partial charge >= 0.3 is 0 Å². The maximum absolute atomic E-state index is 12.8. The molecule has 1 aromatic rings. The van der Waals surface area contributed by atoms with E-state index in [2.05, 4.69) is 37.5 Å². The molecule has 0 spiro atoms. The number of unbranched alkanes of at least 4 members (excludes halogenated alkanes) is 4. The second-order valence-corrected chi connectivity index (χ2v) is 13.6. The van der Waals surface area contributed by atoms with E-state index in [1.54, 1.807) is 4.90 Å². The minimum absolute atomic E-state index is 0.103. The normalized spacial score (nSPS) is 30.2. The topological polar surface area (TPSA) is 78.5 Å². The Bertz CT molecular complexity index is 1060. The number of fused-ring (bicyclic) bond motifs is 3. The Morgan fingerprint density at radius 1 is 1.05 bits per heavy atom. The first-order valence-electron chi connectivity index (χ1n) is 14.3. The van der Waals surface area contributed by atoms with Crippen molar-refractivity contribution in [3.63, 3.8) is 0 Å². The highest BCUT2D eigenvalue weighted by Crippen LogP contribution is 2.65. The number of benzene rings is 1. The van der Waals surface area contributed by atoms with Gasteiger partial charge in [-0.15, -0.1) is 11.8 Å². The average Bonchev–Trinajstić information content (AvgIpc) is 3.37. The van der Waals surface area contributed by atoms with Crippen LogP contribution in [0.15, 0.2) is 23.1 Å². The van der Waals surface area contributed by atoms with Crippen molar-refractivity contribution in [2.45, 2.75) is 109 Å². The van der Waals surface area contributed by atoms with E-state index in [0.29, 0.717) is 35.4 Å². The lowest BCUT2D eigenvalue weighted by Crippen LogP contribution is -2.52. The third-order valence-electron chi connectivity index (χ3n) is 10.3. The van der Waals surface area contributed by atoms with E-state index in [4.69, 9.17) is 0 Å². The number of nitrogens with zero attached hydrogens (tertiary/aromatic N) is 1. The number of hydrogen-bond donors (Lipinski definition) is 2. The van der Waals surface area contributed by atoms with Gasteiger partial charge in [0.25, 0.3) is 5.91 Å². The first-order valence-corrected chi connectivity index (χ1v) is 15.3. The van der Waals surface area contributed by atoms with Crippen LogP contribution in [0, 0.1) is 16.7 Å². The van der Waals surface area contributed by atoms with Gasteiger partial charge in [0.15, 0.2) is 0 Å². The molecule has 3 amide bonds. The van der Waals surface area contributed by atoms with Crippen molar-refractivity contribution in [3.05, 3.63) is 29.3 Å². The fourth-order valence-corrected chi connectivity index (χ4v) is 8.35. The molecule has 3 fully saturated rings. The Balaban J connectivity index is 0.971. The lowest BCUT2D eigenvalue weighted by molar-refractivity contribution is -0.136. The lowest BCUT2D eigenvalue weighted by Gasteiger charge is -2.39. The standard InChI is InChI=1S/C30H43N3O3S/c1-29(2)21-13-14-30(29,3)25(18-21)31-15-7-5-4-6-8-16-37-22-9-10-23-20(17-22)19-33(28(23)36)24-11-12-26(34)32-27(24)35/h9-10,17,21,24-25,31H,4-8,11-16,18-19H2,1-3H3,(H,32,34,35)/t21-,24?,25?,30+/m1/s1. The van der Waals surface area contributed by atoms with Gasteiger partial charge in [0.2, 0.25) is 11.8 Å². The van der Waals surface area contributed by atoms with Crippen LogP contribution in [0.1, 0.15) is 101 Å². The van der Waals surface area contributed by atoms with Crippen LogP contribution in [0.4, 0.5) is 0 Å². The van der Waals surface area contributed by atoms with Gasteiger partial charge in [-0.2, -0.15) is 0 Å². The van der Waals surface area contributed by atoms with E-state index in [1.807, 2.05) is 23.9 Å². The molecule has 37 heavy (non-hydrogen) atoms. The summed E-state index contributed by atoms with van der Waals surface area (Å²) in [5, 5.41) is 6.28. The van der Waals surface area contributed by atoms with Gasteiger partial charge in [-0.3, -0.25) is 19.7 Å². The Morgan fingerprint density at radius 2 is 1.84 bits per heavy atom. The van der Waals surface area contributed by atoms with Crippen LogP contribution in [0.5, 0.6) is 0 Å². The summed E-state index contributed by atoms with van der Waals surface area (Å²) >= 11 is 1.85. The summed E-state index contributed by atoms with van der Waals surface area (Å²) in [5.41, 5.74) is 2.64. The van der Waals surface area contributed by atoms with Crippen molar-refractivity contribution in [1.29, 1.82) is 0 Å². The molecule has 4 aliphatic rings. The van der Waals surface area contributed by atoms with E-state index >= 15 is 0 Å². The van der Waals surface area contributed by atoms with Crippen molar-refractivity contribution in [2.75, 3.05) is 12.3 Å². The molecule has 0 radical (unpaired) electrons. The molecular formula is C30H43N3O3S. The molecule has 5 rings (SSSR count). The highest BCUT2D eigenvalue weighted by molar-refractivity contribution is 7.99. The fraction of sp³-hybridized carbons (Fsp3) is 0.700. The van der Waals surface area contributed by atoms with Gasteiger partial charge in [0, 0.05) is 29.5 Å². The van der Waals surface area contributed by atoms with Gasteiger partial charge in [-0.1, -0.05) is 40.0 Å². The summed E-state index contributed by atoms with van der Waals surface area (Å²) < 4.78 is 0. The molecule has 2 N–H and O–H groups in total. The predicted molar refractivity (Wildman–Crippen MR) is 147 cm³/mol. The summed E-state index contributed by atoms with van der Waals surface area (Å²) in [5.74, 6) is 1.27. The average molecular weight is 526 g/mol. The Labute approximate surface area is 226 Å². The second-order valence-electron chi connectivity index (χ2n) is 12.5. The quantitative estimate of drug-likeness (QED) is 0.233. The van der Waals surface area contributed by atoms with Crippen LogP contribution < -0.4 is 10.6 Å². The number of carbonyl (C=O) groups is 3. The maximum Gasteiger partial charge on any atom is 0.255 e. The smallest absolute Gasteiger partial charge is 0.255 e. The Kier molecular flexibility index (Phi) is 7.75. The monoisotopic (exact) mass is 525 g/mol. The number of amides is 3. The van der Waals surface area contributed by atoms with E-state index in [0.717, 1.165) is 23.8 Å². The maximum atomic E-state index is 12.8. The zero-order valence-corrected chi connectivity index (χ0v) is 23.6. The summed E-state index contributed by atoms with van der Waals surface area (Å²) in [6.45, 7) is 9.09. The van der Waals surface area contributed by atoms with E-state index in [-0.39, 0.29) is 24.1 Å². The first-order chi connectivity index (χ1) is 17.7. The number of piperidine rings is 1. The van der Waals surface area contributed by atoms with Crippen molar-refractivity contribution < 1.29 is 14.4 Å². The molecule has 4 atom stereocenters. The van der Waals surface area contributed by atoms with Gasteiger partial charge in [0.05, 0.1) is 0 Å². The lowest BCUT2D eigenvalue weighted by atomic mass is 9.69. The third-order valence-corrected chi connectivity index (χ3v) is 11.3. The molecule has 1 aromatic carbocycles. The number of imide groups is 1. The molecule has 2 aliphatic heterocycles. The predicted octanol–water partition coefficient (Wildman–Crippen LogP) is 5.29. The van der Waals surface area contributed by atoms with Gasteiger partial charge < -0.3 is 10.2 Å². The zero-order chi connectivity index (χ0) is 26.2. The van der Waals surface area contributed by atoms with Crippen LogP contribution >= 0.6 is 11.8 Å². The number of rotatable bonds is 11. The summed E-state index contributed by atoms with van der Waals surface area (Å²) in [7, 11) is 0. The third kappa shape index (κ3) is 5.10. The van der Waals surface area contributed by atoms with E-state index in [1.165, 1.54) is 56.3 Å². The van der Waals surface area contributed by atoms with Crippen LogP contribution in [0.2, 0.25) is 0 Å². The van der Waals surface area contributed by atoms with E-state index < -0.39 is 6.04 Å². The zero-order valence-electron chi connectivity index (χ0n) is 22.7. The number of carbonyl (C=O) groups excluding carboxylic acids is 3. The van der Waals surface area contributed by atoms with Crippen molar-refractivity contribution in [2.24, 2.45) is 16.7 Å². The molecule has 2 saturated carbocycles. The first kappa shape index (κ1) is 26.7. The molecule has 1 saturated heterocycles. The second kappa shape index (κ2) is 10.7. The van der Waals surface area contributed by atoms with Crippen molar-refractivity contribution >= 4 is 29.5 Å². The molecular weight excluding hydrogens is 482 g/mol. The minimum Gasteiger partial charge on any atom is -0.322 e. The molecule has 2 unspecified atom stereocenters. The molecule has 2 aliphatic carbocycles. The number of hydrogen-bond acceptors (Lipinski definition) is 5. The summed E-state index contributed by atoms with van der Waals surface area (Å²) in [6, 6.07) is 6.19. The molecule has 2 heterocycles. The van der Waals surface area contributed by atoms with Crippen LogP contribution in [0.25, 0.3) is 0 Å². The van der Waals surface area contributed by atoms with E-state index in [9.17, 15) is 14.4 Å². The summed E-state index contributed by atoms with van der Waals surface area (Å²) in [6.07, 6.45) is 11.2. The number of thioether (sulfide) groups is 1. The van der Waals surface area contributed by atoms with Crippen LogP contribution in [-0.2, 0) is 16.1 Å². The minimum atomic E-state index is -0.549. The van der Waals surface area contributed by atoms with Crippen molar-refractivity contribution in [1.82, 2.24) is 15.5 Å².